The number of rotatable bonds is 2. The number of likely N-dealkylation sites (tertiary alicyclic amines) is 1. The fourth-order valence-corrected chi connectivity index (χ4v) is 7.52. The highest BCUT2D eigenvalue weighted by Crippen LogP contribution is 2.74. The molecule has 4 aliphatic carbocycles. The van der Waals surface area contributed by atoms with Crippen molar-refractivity contribution >= 4 is 16.1 Å². The maximum atomic E-state index is 12.8. The average Bonchev–Trinajstić information content (AvgIpc) is 3.45. The Kier molecular flexibility index (Phi) is 4.84. The number of ether oxygens (including phenoxy) is 1. The first-order valence-electron chi connectivity index (χ1n) is 11.6. The Bertz CT molecular complexity index is 758. The first-order valence-corrected chi connectivity index (χ1v) is 13.4. The predicted molar refractivity (Wildman–Crippen MR) is 109 cm³/mol. The topological polar surface area (TPSA) is 83.9 Å². The van der Waals surface area contributed by atoms with Gasteiger partial charge in [-0.15, -0.1) is 0 Å². The lowest BCUT2D eigenvalue weighted by Gasteiger charge is -2.33. The first kappa shape index (κ1) is 20.3. The van der Waals surface area contributed by atoms with Gasteiger partial charge in [0.25, 0.3) is 10.1 Å². The molecule has 6 rings (SSSR count). The number of hydrogen-bond donors (Lipinski definition) is 1. The summed E-state index contributed by atoms with van der Waals surface area (Å²) in [5.41, 5.74) is 1.27. The Hall–Kier alpha value is -0.660. The van der Waals surface area contributed by atoms with Crippen molar-refractivity contribution in [2.24, 2.45) is 34.5 Å². The highest BCUT2D eigenvalue weighted by molar-refractivity contribution is 7.85. The maximum Gasteiger partial charge on any atom is 0.310 e. The summed E-state index contributed by atoms with van der Waals surface area (Å²) < 4.78 is 32.1. The molecule has 2 saturated heterocycles. The summed E-state index contributed by atoms with van der Waals surface area (Å²) in [4.78, 5) is 15.3. The van der Waals surface area contributed by atoms with Crippen molar-refractivity contribution < 1.29 is 22.5 Å². The number of hydrogen-bond acceptors (Lipinski definition) is 5. The van der Waals surface area contributed by atoms with Crippen LogP contribution in [0.1, 0.15) is 64.2 Å². The van der Waals surface area contributed by atoms with Gasteiger partial charge in [0.05, 0.1) is 12.2 Å². The summed E-state index contributed by atoms with van der Waals surface area (Å²) in [6.45, 7) is 3.37. The fourth-order valence-electron chi connectivity index (χ4n) is 7.52. The molecule has 29 heavy (non-hydrogen) atoms. The van der Waals surface area contributed by atoms with Crippen molar-refractivity contribution in [2.75, 3.05) is 25.9 Å². The number of carbonyl (C=O) groups excluding carboxylic acids is 1. The van der Waals surface area contributed by atoms with Crippen molar-refractivity contribution in [1.29, 1.82) is 0 Å². The van der Waals surface area contributed by atoms with E-state index in [0.717, 1.165) is 18.4 Å². The summed E-state index contributed by atoms with van der Waals surface area (Å²) in [7, 11) is -3.67. The zero-order valence-electron chi connectivity index (χ0n) is 17.5. The molecule has 5 atom stereocenters. The van der Waals surface area contributed by atoms with Crippen molar-refractivity contribution in [3.8, 4) is 0 Å². The minimum absolute atomic E-state index is 0.157. The van der Waals surface area contributed by atoms with Gasteiger partial charge in [-0.3, -0.25) is 9.35 Å². The van der Waals surface area contributed by atoms with Crippen LogP contribution in [0, 0.1) is 34.5 Å². The van der Waals surface area contributed by atoms with Crippen LogP contribution in [0.15, 0.2) is 0 Å². The van der Waals surface area contributed by atoms with Gasteiger partial charge >= 0.3 is 5.97 Å². The van der Waals surface area contributed by atoms with E-state index in [9.17, 15) is 13.2 Å². The molecule has 0 aromatic rings. The van der Waals surface area contributed by atoms with Gasteiger partial charge in [-0.2, -0.15) is 8.42 Å². The van der Waals surface area contributed by atoms with E-state index in [1.165, 1.54) is 77.3 Å². The molecule has 6 nitrogen and oxygen atoms in total. The molecular formula is C22H35NO5S. The Morgan fingerprint density at radius 1 is 1.03 bits per heavy atom. The average molecular weight is 426 g/mol. The van der Waals surface area contributed by atoms with E-state index in [4.69, 9.17) is 9.29 Å². The van der Waals surface area contributed by atoms with E-state index in [1.807, 2.05) is 0 Å². The lowest BCUT2D eigenvalue weighted by atomic mass is 9.73. The van der Waals surface area contributed by atoms with Gasteiger partial charge in [0, 0.05) is 18.4 Å². The fraction of sp³-hybridized carbons (Fsp3) is 0.955. The molecule has 2 aliphatic heterocycles. The molecule has 0 radical (unpaired) electrons. The van der Waals surface area contributed by atoms with Crippen LogP contribution in [-0.4, -0.2) is 55.8 Å². The molecule has 6 fully saturated rings. The van der Waals surface area contributed by atoms with Crippen LogP contribution in [0.5, 0.6) is 0 Å². The maximum absolute atomic E-state index is 12.8. The van der Waals surface area contributed by atoms with E-state index < -0.39 is 10.1 Å². The minimum atomic E-state index is -3.67. The van der Waals surface area contributed by atoms with Gasteiger partial charge in [0.2, 0.25) is 0 Å². The molecule has 2 heterocycles. The van der Waals surface area contributed by atoms with Crippen molar-refractivity contribution in [1.82, 2.24) is 4.90 Å². The van der Waals surface area contributed by atoms with Crippen LogP contribution >= 0.6 is 0 Å². The standard InChI is InChI=1S/C21H31NO2.CH4O3S/c23-19-15(13-22-11-1-2-12-22)14-3-5-20(7-8-20)16-4-6-21(9-10-21)17(16)18(14)24-19;1-5(2,3)4/h14-18H,1-13H2;1H3,(H,2,3,4)/t14-,15-,16+,17-,18-;/m0./s1. The third-order valence-corrected chi connectivity index (χ3v) is 9.14. The Morgan fingerprint density at radius 2 is 1.62 bits per heavy atom. The lowest BCUT2D eigenvalue weighted by molar-refractivity contribution is -0.148. The summed E-state index contributed by atoms with van der Waals surface area (Å²) in [6.07, 6.45) is 14.9. The number of nitrogens with zero attached hydrogens (tertiary/aromatic N) is 1. The van der Waals surface area contributed by atoms with Gasteiger partial charge in [-0.05, 0) is 94.0 Å². The van der Waals surface area contributed by atoms with E-state index in [0.29, 0.717) is 23.0 Å². The van der Waals surface area contributed by atoms with Gasteiger partial charge in [0.15, 0.2) is 0 Å². The van der Waals surface area contributed by atoms with Crippen LogP contribution in [0.3, 0.4) is 0 Å². The van der Waals surface area contributed by atoms with Crippen LogP contribution < -0.4 is 0 Å². The predicted octanol–water partition coefficient (Wildman–Crippen LogP) is 3.12. The molecule has 0 amide bonds. The molecular weight excluding hydrogens is 390 g/mol. The summed E-state index contributed by atoms with van der Waals surface area (Å²) in [5.74, 6) is 2.47. The molecule has 0 unspecified atom stereocenters. The Labute approximate surface area is 174 Å². The molecule has 0 aromatic heterocycles. The van der Waals surface area contributed by atoms with Gasteiger partial charge in [-0.1, -0.05) is 0 Å². The third-order valence-electron chi connectivity index (χ3n) is 9.14. The molecule has 2 spiro atoms. The Morgan fingerprint density at radius 3 is 2.21 bits per heavy atom. The molecule has 4 saturated carbocycles. The smallest absolute Gasteiger partial charge is 0.310 e. The first-order chi connectivity index (χ1) is 13.7. The molecule has 0 bridgehead atoms. The van der Waals surface area contributed by atoms with Crippen molar-refractivity contribution in [3.63, 3.8) is 0 Å². The van der Waals surface area contributed by atoms with E-state index in [1.54, 1.807) is 0 Å². The third kappa shape index (κ3) is 3.76. The second-order valence-corrected chi connectivity index (χ2v) is 12.3. The van der Waals surface area contributed by atoms with Crippen LogP contribution in [0.25, 0.3) is 0 Å². The minimum Gasteiger partial charge on any atom is -0.461 e. The highest BCUT2D eigenvalue weighted by atomic mass is 32.2. The summed E-state index contributed by atoms with van der Waals surface area (Å²) in [6, 6.07) is 0. The molecule has 6 aliphatic rings. The van der Waals surface area contributed by atoms with Gasteiger partial charge in [-0.25, -0.2) is 0 Å². The molecule has 7 heteroatoms. The van der Waals surface area contributed by atoms with Crippen LogP contribution in [0.2, 0.25) is 0 Å². The van der Waals surface area contributed by atoms with E-state index >= 15 is 0 Å². The number of esters is 1. The zero-order valence-corrected chi connectivity index (χ0v) is 18.3. The SMILES string of the molecule is CS(=O)(=O)O.O=C1O[C@H]2[C@@H](CCC3(CC3)[C@@H]3CCC4(CC4)[C@H]23)[C@@H]1CN1CCCC1. The van der Waals surface area contributed by atoms with Crippen molar-refractivity contribution in [2.45, 2.75) is 70.3 Å². The molecule has 1 N–H and O–H groups in total. The number of fused-ring (bicyclic) bond motifs is 5. The second-order valence-electron chi connectivity index (χ2n) is 10.8. The lowest BCUT2D eigenvalue weighted by Crippen LogP contribution is -2.37. The van der Waals surface area contributed by atoms with Crippen LogP contribution in [-0.2, 0) is 19.6 Å². The summed E-state index contributed by atoms with van der Waals surface area (Å²) in [5, 5.41) is 0. The summed E-state index contributed by atoms with van der Waals surface area (Å²) >= 11 is 0. The van der Waals surface area contributed by atoms with Crippen LogP contribution in [0.4, 0.5) is 0 Å². The van der Waals surface area contributed by atoms with Crippen molar-refractivity contribution in [3.05, 3.63) is 0 Å². The van der Waals surface area contributed by atoms with Gasteiger partial charge in [0.1, 0.15) is 6.10 Å². The Balaban J connectivity index is 0.000000328. The van der Waals surface area contributed by atoms with Gasteiger partial charge < -0.3 is 9.64 Å². The molecule has 0 aromatic carbocycles. The largest absolute Gasteiger partial charge is 0.461 e. The zero-order chi connectivity index (χ0) is 20.4. The van der Waals surface area contributed by atoms with E-state index in [-0.39, 0.29) is 18.0 Å². The highest BCUT2D eigenvalue weighted by Gasteiger charge is 2.69. The van der Waals surface area contributed by atoms with E-state index in [2.05, 4.69) is 4.90 Å². The quantitative estimate of drug-likeness (QED) is 0.541. The molecule has 164 valence electrons. The number of carbonyl (C=O) groups is 1. The normalized spacial score (nSPS) is 41.3. The second kappa shape index (κ2) is 6.92. The monoisotopic (exact) mass is 425 g/mol.